The molecule has 250 valence electrons. The van der Waals surface area contributed by atoms with E-state index in [-0.39, 0.29) is 35.1 Å². The molecule has 0 aliphatic carbocycles. The molecule has 1 aliphatic rings. The minimum absolute atomic E-state index is 0.0870. The molecular formula is C31H44N2O9S3. The fourth-order valence-electron chi connectivity index (χ4n) is 4.88. The fourth-order valence-corrected chi connectivity index (χ4v) is 9.37. The number of carbonyl (C=O) groups excluding carboxylic acids is 2. The second kappa shape index (κ2) is 15.8. The number of ether oxygens (including phenoxy) is 3. The Balaban J connectivity index is 2.01. The summed E-state index contributed by atoms with van der Waals surface area (Å²) in [6, 6.07) is 5.09. The van der Waals surface area contributed by atoms with Crippen molar-refractivity contribution in [3.05, 3.63) is 51.6 Å². The molecule has 0 amide bonds. The van der Waals surface area contributed by atoms with Gasteiger partial charge in [0.1, 0.15) is 29.0 Å². The Morgan fingerprint density at radius 3 is 2.13 bits per heavy atom. The van der Waals surface area contributed by atoms with E-state index in [1.807, 2.05) is 46.8 Å². The van der Waals surface area contributed by atoms with Gasteiger partial charge in [0.25, 0.3) is 0 Å². The standard InChI is InChI=1S/C31H44N2O9S3/c1-10-13-43-44-28-27(40-21(9)35)25(16-39-20(8)34)41-30(28)33-12-11-26(32-31(33)36)42-45(37,38)29-23(18(4)5)14-22(17(2)3)15-24(29)19(6)7/h11-12,14-15,17-19,25,27-28,30H,10,13,16H2,1-9H3/t25-,27-,28-,30-/m1/s1. The fraction of sp³-hybridized carbons (Fsp3) is 0.613. The summed E-state index contributed by atoms with van der Waals surface area (Å²) < 4.78 is 51.2. The summed E-state index contributed by atoms with van der Waals surface area (Å²) in [5.74, 6) is -0.701. The molecule has 0 unspecified atom stereocenters. The predicted molar refractivity (Wildman–Crippen MR) is 175 cm³/mol. The first kappa shape index (κ1) is 36.9. The third kappa shape index (κ3) is 9.26. The number of hydrogen-bond acceptors (Lipinski definition) is 12. The minimum atomic E-state index is -4.38. The summed E-state index contributed by atoms with van der Waals surface area (Å²) in [6.07, 6.45) is -0.398. The molecule has 2 heterocycles. The van der Waals surface area contributed by atoms with E-state index >= 15 is 0 Å². The number of esters is 2. The summed E-state index contributed by atoms with van der Waals surface area (Å²) in [6.45, 7) is 16.2. The molecule has 1 aliphatic heterocycles. The molecule has 1 fully saturated rings. The lowest BCUT2D eigenvalue weighted by molar-refractivity contribution is -0.155. The van der Waals surface area contributed by atoms with Crippen molar-refractivity contribution in [3.63, 3.8) is 0 Å². The van der Waals surface area contributed by atoms with Gasteiger partial charge < -0.3 is 18.4 Å². The van der Waals surface area contributed by atoms with E-state index in [1.54, 1.807) is 0 Å². The van der Waals surface area contributed by atoms with Gasteiger partial charge in [-0.1, -0.05) is 82.2 Å². The minimum Gasteiger partial charge on any atom is -0.463 e. The van der Waals surface area contributed by atoms with Crippen LogP contribution in [-0.4, -0.2) is 59.7 Å². The van der Waals surface area contributed by atoms with Crippen molar-refractivity contribution in [2.75, 3.05) is 12.4 Å². The Labute approximate surface area is 273 Å². The van der Waals surface area contributed by atoms with Crippen molar-refractivity contribution in [2.45, 2.75) is 115 Å². The van der Waals surface area contributed by atoms with Crippen molar-refractivity contribution in [2.24, 2.45) is 0 Å². The summed E-state index contributed by atoms with van der Waals surface area (Å²) >= 11 is 0. The maximum atomic E-state index is 13.8. The zero-order valence-electron chi connectivity index (χ0n) is 27.3. The number of hydrogen-bond donors (Lipinski definition) is 0. The summed E-state index contributed by atoms with van der Waals surface area (Å²) in [5, 5.41) is -0.567. The summed E-state index contributed by atoms with van der Waals surface area (Å²) in [5.41, 5.74) is 1.48. The van der Waals surface area contributed by atoms with Crippen molar-refractivity contribution < 1.29 is 36.4 Å². The Kier molecular flexibility index (Phi) is 13.0. The van der Waals surface area contributed by atoms with Crippen LogP contribution in [0.1, 0.15) is 109 Å². The van der Waals surface area contributed by atoms with Crippen LogP contribution in [0.15, 0.2) is 34.1 Å². The molecule has 3 rings (SSSR count). The smallest absolute Gasteiger partial charge is 0.353 e. The van der Waals surface area contributed by atoms with Gasteiger partial charge in [-0.3, -0.25) is 14.2 Å². The van der Waals surface area contributed by atoms with Crippen molar-refractivity contribution >= 4 is 43.6 Å². The average molecular weight is 685 g/mol. The predicted octanol–water partition coefficient (Wildman–Crippen LogP) is 5.93. The highest BCUT2D eigenvalue weighted by Crippen LogP contribution is 2.44. The van der Waals surface area contributed by atoms with Crippen LogP contribution >= 0.6 is 21.6 Å². The summed E-state index contributed by atoms with van der Waals surface area (Å²) in [7, 11) is -1.46. The Morgan fingerprint density at radius 1 is 1.02 bits per heavy atom. The molecule has 4 atom stereocenters. The first-order valence-corrected chi connectivity index (χ1v) is 18.8. The number of rotatable bonds is 14. The van der Waals surface area contributed by atoms with E-state index in [4.69, 9.17) is 18.4 Å². The Morgan fingerprint density at radius 2 is 1.64 bits per heavy atom. The van der Waals surface area contributed by atoms with Crippen LogP contribution in [0, 0.1) is 0 Å². The van der Waals surface area contributed by atoms with Gasteiger partial charge in [0.15, 0.2) is 6.23 Å². The molecule has 45 heavy (non-hydrogen) atoms. The topological polar surface area (TPSA) is 140 Å². The van der Waals surface area contributed by atoms with Gasteiger partial charge in [0.05, 0.1) is 0 Å². The van der Waals surface area contributed by atoms with Gasteiger partial charge in [-0.15, -0.1) is 0 Å². The number of aromatic nitrogens is 2. The van der Waals surface area contributed by atoms with E-state index in [0.29, 0.717) is 11.1 Å². The molecule has 0 spiro atoms. The van der Waals surface area contributed by atoms with E-state index in [2.05, 4.69) is 18.8 Å². The van der Waals surface area contributed by atoms with E-state index in [1.165, 1.54) is 52.3 Å². The molecule has 0 radical (unpaired) electrons. The van der Waals surface area contributed by atoms with E-state index < -0.39 is 51.4 Å². The summed E-state index contributed by atoms with van der Waals surface area (Å²) in [4.78, 5) is 40.9. The van der Waals surface area contributed by atoms with Gasteiger partial charge in [-0.05, 0) is 40.9 Å². The van der Waals surface area contributed by atoms with Crippen LogP contribution in [0.2, 0.25) is 0 Å². The van der Waals surface area contributed by atoms with Crippen molar-refractivity contribution in [3.8, 4) is 5.88 Å². The van der Waals surface area contributed by atoms with Gasteiger partial charge >= 0.3 is 27.7 Å². The normalized spacial score (nSPS) is 20.2. The highest BCUT2D eigenvalue weighted by Gasteiger charge is 2.49. The lowest BCUT2D eigenvalue weighted by Crippen LogP contribution is -2.37. The third-order valence-corrected chi connectivity index (χ3v) is 11.5. The third-order valence-electron chi connectivity index (χ3n) is 7.11. The molecule has 2 aromatic rings. The molecule has 0 saturated carbocycles. The lowest BCUT2D eigenvalue weighted by atomic mass is 9.89. The zero-order chi connectivity index (χ0) is 33.6. The lowest BCUT2D eigenvalue weighted by Gasteiger charge is -2.23. The molecule has 14 heteroatoms. The second-order valence-corrected chi connectivity index (χ2v) is 16.0. The zero-order valence-corrected chi connectivity index (χ0v) is 29.7. The van der Waals surface area contributed by atoms with Crippen LogP contribution in [0.3, 0.4) is 0 Å². The molecule has 0 N–H and O–H groups in total. The number of benzene rings is 1. The second-order valence-electron chi connectivity index (χ2n) is 11.8. The monoisotopic (exact) mass is 684 g/mol. The number of nitrogens with zero attached hydrogens (tertiary/aromatic N) is 2. The van der Waals surface area contributed by atoms with Crippen LogP contribution in [0.5, 0.6) is 5.88 Å². The maximum absolute atomic E-state index is 13.8. The largest absolute Gasteiger partial charge is 0.463 e. The van der Waals surface area contributed by atoms with E-state index in [9.17, 15) is 22.8 Å². The van der Waals surface area contributed by atoms with Gasteiger partial charge in [0, 0.05) is 31.9 Å². The quantitative estimate of drug-likeness (QED) is 0.101. The first-order valence-electron chi connectivity index (χ1n) is 15.0. The van der Waals surface area contributed by atoms with Gasteiger partial charge in [0.2, 0.25) is 5.88 Å². The van der Waals surface area contributed by atoms with Crippen LogP contribution in [0.4, 0.5) is 0 Å². The maximum Gasteiger partial charge on any atom is 0.353 e. The van der Waals surface area contributed by atoms with Crippen LogP contribution in [-0.2, 0) is 33.9 Å². The van der Waals surface area contributed by atoms with Crippen LogP contribution in [0.25, 0.3) is 0 Å². The van der Waals surface area contributed by atoms with Gasteiger partial charge in [-0.2, -0.15) is 13.4 Å². The van der Waals surface area contributed by atoms with Crippen molar-refractivity contribution in [1.29, 1.82) is 0 Å². The highest BCUT2D eigenvalue weighted by molar-refractivity contribution is 8.77. The van der Waals surface area contributed by atoms with Crippen molar-refractivity contribution in [1.82, 2.24) is 9.55 Å². The molecule has 11 nitrogen and oxygen atoms in total. The molecule has 0 bridgehead atoms. The SMILES string of the molecule is CCCSS[C@@H]1[C@H](OC(C)=O)[C@@H](COC(C)=O)O[C@H]1n1ccc(OS(=O)(=O)c2c(C(C)C)cc(C(C)C)cc2C(C)C)nc1=O. The molecular weight excluding hydrogens is 641 g/mol. The first-order chi connectivity index (χ1) is 21.1. The average Bonchev–Trinajstić information content (AvgIpc) is 3.26. The highest BCUT2D eigenvalue weighted by atomic mass is 33.1. The Bertz CT molecular complexity index is 1490. The number of carbonyl (C=O) groups is 2. The Hall–Kier alpha value is -2.55. The van der Waals surface area contributed by atoms with E-state index in [0.717, 1.165) is 17.7 Å². The van der Waals surface area contributed by atoms with Gasteiger partial charge in [-0.25, -0.2) is 4.79 Å². The van der Waals surface area contributed by atoms with Crippen LogP contribution < -0.4 is 9.87 Å². The molecule has 1 aromatic carbocycles. The molecule has 1 aromatic heterocycles. The molecule has 1 saturated heterocycles.